The highest BCUT2D eigenvalue weighted by molar-refractivity contribution is 6.09. The number of amides is 1. The molecule has 2 aliphatic carbocycles. The van der Waals surface area contributed by atoms with E-state index in [2.05, 4.69) is 27.6 Å². The van der Waals surface area contributed by atoms with E-state index < -0.39 is 0 Å². The highest BCUT2D eigenvalue weighted by atomic mass is 16.5. The number of hydrazone groups is 1. The van der Waals surface area contributed by atoms with Crippen molar-refractivity contribution in [3.63, 3.8) is 0 Å². The highest BCUT2D eigenvalue weighted by Gasteiger charge is 2.49. The van der Waals surface area contributed by atoms with E-state index in [0.717, 1.165) is 42.3 Å². The summed E-state index contributed by atoms with van der Waals surface area (Å²) in [6.07, 6.45) is 7.70. The zero-order chi connectivity index (χ0) is 16.8. The van der Waals surface area contributed by atoms with Crippen molar-refractivity contribution < 1.29 is 9.53 Å². The summed E-state index contributed by atoms with van der Waals surface area (Å²) in [4.78, 5) is 14.2. The summed E-state index contributed by atoms with van der Waals surface area (Å²) in [6, 6.07) is 9.09. The Hall–Kier alpha value is -1.88. The predicted octanol–water partition coefficient (Wildman–Crippen LogP) is 2.55. The minimum atomic E-state index is 0.0712. The van der Waals surface area contributed by atoms with Crippen LogP contribution in [-0.2, 0) is 4.79 Å². The number of rotatable bonds is 4. The standard InChI is InChI=1S/C20H25N3O2/c24-20-18-12-17(18)19(21-22-20)13-4-6-15(7-5-13)25-16-8-10-23(11-9-16)14-2-1-3-14/h4-7,14,16-18H,1-3,8-12H2,(H,22,24)/t17-,18+/m0/s1. The molecule has 0 unspecified atom stereocenters. The number of carbonyl (C=O) groups excluding carboxylic acids is 1. The molecule has 0 spiro atoms. The molecule has 0 radical (unpaired) electrons. The fraction of sp³-hybridized carbons (Fsp3) is 0.600. The maximum Gasteiger partial charge on any atom is 0.243 e. The molecule has 5 rings (SSSR count). The van der Waals surface area contributed by atoms with E-state index in [0.29, 0.717) is 12.0 Å². The van der Waals surface area contributed by atoms with Crippen LogP contribution in [0.2, 0.25) is 0 Å². The Morgan fingerprint density at radius 1 is 1.04 bits per heavy atom. The van der Waals surface area contributed by atoms with Crippen LogP contribution in [0.15, 0.2) is 29.4 Å². The lowest BCUT2D eigenvalue weighted by Crippen LogP contribution is -2.46. The van der Waals surface area contributed by atoms with Gasteiger partial charge in [0.1, 0.15) is 11.9 Å². The maximum atomic E-state index is 11.5. The molecule has 0 aromatic heterocycles. The number of ether oxygens (including phenoxy) is 1. The lowest BCUT2D eigenvalue weighted by molar-refractivity contribution is -0.122. The number of fused-ring (bicyclic) bond motifs is 1. The van der Waals surface area contributed by atoms with E-state index in [4.69, 9.17) is 4.74 Å². The van der Waals surface area contributed by atoms with Gasteiger partial charge in [0.05, 0.1) is 5.71 Å². The summed E-state index contributed by atoms with van der Waals surface area (Å²) < 4.78 is 6.20. The van der Waals surface area contributed by atoms with Gasteiger partial charge in [-0.05, 0) is 61.9 Å². The molecular weight excluding hydrogens is 314 g/mol. The van der Waals surface area contributed by atoms with Crippen LogP contribution in [0.5, 0.6) is 5.75 Å². The molecule has 25 heavy (non-hydrogen) atoms. The SMILES string of the molecule is O=C1NN=C(c2ccc(OC3CCN(C4CCC4)CC3)cc2)[C@H]2C[C@@H]12. The Morgan fingerprint density at radius 3 is 2.48 bits per heavy atom. The summed E-state index contributed by atoms with van der Waals surface area (Å²) in [5.41, 5.74) is 4.75. The van der Waals surface area contributed by atoms with Gasteiger partial charge in [0, 0.05) is 31.0 Å². The third-order valence-electron chi connectivity index (χ3n) is 6.29. The Labute approximate surface area is 148 Å². The summed E-state index contributed by atoms with van der Waals surface area (Å²) in [5.74, 6) is 1.47. The van der Waals surface area contributed by atoms with Crippen molar-refractivity contribution in [2.75, 3.05) is 13.1 Å². The van der Waals surface area contributed by atoms with Gasteiger partial charge in [-0.3, -0.25) is 4.79 Å². The summed E-state index contributed by atoms with van der Waals surface area (Å²) in [6.45, 7) is 2.35. The van der Waals surface area contributed by atoms with Gasteiger partial charge in [0.15, 0.2) is 0 Å². The lowest BCUT2D eigenvalue weighted by atomic mass is 9.90. The molecule has 1 aromatic rings. The molecule has 2 saturated carbocycles. The van der Waals surface area contributed by atoms with E-state index in [-0.39, 0.29) is 11.8 Å². The van der Waals surface area contributed by atoms with Gasteiger partial charge >= 0.3 is 0 Å². The number of carbonyl (C=O) groups is 1. The minimum absolute atomic E-state index is 0.0712. The Bertz CT molecular complexity index is 687. The second-order valence-corrected chi connectivity index (χ2v) is 7.88. The molecule has 1 aromatic carbocycles. The van der Waals surface area contributed by atoms with Gasteiger partial charge in [-0.1, -0.05) is 6.42 Å². The molecule has 4 aliphatic rings. The number of likely N-dealkylation sites (tertiary alicyclic amines) is 1. The molecule has 1 saturated heterocycles. The van der Waals surface area contributed by atoms with E-state index in [1.807, 2.05) is 12.1 Å². The Kier molecular flexibility index (Phi) is 3.77. The molecule has 2 heterocycles. The first-order valence-electron chi connectivity index (χ1n) is 9.66. The predicted molar refractivity (Wildman–Crippen MR) is 95.6 cm³/mol. The average molecular weight is 339 g/mol. The average Bonchev–Trinajstić information content (AvgIpc) is 3.38. The number of hydrogen-bond donors (Lipinski definition) is 1. The fourth-order valence-corrected chi connectivity index (χ4v) is 4.35. The molecule has 2 atom stereocenters. The number of piperidine rings is 1. The van der Waals surface area contributed by atoms with E-state index in [1.165, 1.54) is 32.4 Å². The largest absolute Gasteiger partial charge is 0.490 e. The first kappa shape index (κ1) is 15.4. The number of nitrogens with one attached hydrogen (secondary N) is 1. The molecule has 1 N–H and O–H groups in total. The molecule has 3 fully saturated rings. The number of hydrogen-bond acceptors (Lipinski definition) is 4. The topological polar surface area (TPSA) is 53.9 Å². The van der Waals surface area contributed by atoms with Crippen molar-refractivity contribution in [1.29, 1.82) is 0 Å². The van der Waals surface area contributed by atoms with Gasteiger partial charge in [0.2, 0.25) is 5.91 Å². The van der Waals surface area contributed by atoms with Crippen molar-refractivity contribution in [1.82, 2.24) is 10.3 Å². The first-order chi connectivity index (χ1) is 12.3. The highest BCUT2D eigenvalue weighted by Crippen LogP contribution is 2.43. The quantitative estimate of drug-likeness (QED) is 0.917. The van der Waals surface area contributed by atoms with Gasteiger partial charge in [-0.2, -0.15) is 5.10 Å². The summed E-state index contributed by atoms with van der Waals surface area (Å²) in [5, 5.41) is 4.26. The Morgan fingerprint density at radius 2 is 1.80 bits per heavy atom. The second kappa shape index (κ2) is 6.13. The lowest BCUT2D eigenvalue weighted by Gasteiger charge is -2.41. The zero-order valence-electron chi connectivity index (χ0n) is 14.5. The van der Waals surface area contributed by atoms with E-state index in [1.54, 1.807) is 0 Å². The van der Waals surface area contributed by atoms with Crippen molar-refractivity contribution in [2.45, 2.75) is 50.7 Å². The third kappa shape index (κ3) is 2.95. The third-order valence-corrected chi connectivity index (χ3v) is 6.29. The maximum absolute atomic E-state index is 11.5. The van der Waals surface area contributed by atoms with Crippen LogP contribution in [0.4, 0.5) is 0 Å². The van der Waals surface area contributed by atoms with Gasteiger partial charge in [0.25, 0.3) is 0 Å². The molecule has 1 amide bonds. The fourth-order valence-electron chi connectivity index (χ4n) is 4.35. The van der Waals surface area contributed by atoms with Crippen LogP contribution in [0.1, 0.15) is 44.1 Å². The first-order valence-corrected chi connectivity index (χ1v) is 9.66. The van der Waals surface area contributed by atoms with Crippen LogP contribution in [0.25, 0.3) is 0 Å². The smallest absolute Gasteiger partial charge is 0.243 e. The van der Waals surface area contributed by atoms with Crippen molar-refractivity contribution in [2.24, 2.45) is 16.9 Å². The van der Waals surface area contributed by atoms with Gasteiger partial charge in [-0.25, -0.2) is 5.43 Å². The summed E-state index contributed by atoms with van der Waals surface area (Å²) in [7, 11) is 0. The monoisotopic (exact) mass is 339 g/mol. The number of nitrogens with zero attached hydrogens (tertiary/aromatic N) is 2. The van der Waals surface area contributed by atoms with Crippen LogP contribution in [0, 0.1) is 11.8 Å². The molecule has 5 nitrogen and oxygen atoms in total. The van der Waals surface area contributed by atoms with Crippen LogP contribution in [0.3, 0.4) is 0 Å². The van der Waals surface area contributed by atoms with Crippen LogP contribution < -0.4 is 10.2 Å². The van der Waals surface area contributed by atoms with Crippen molar-refractivity contribution in [3.05, 3.63) is 29.8 Å². The van der Waals surface area contributed by atoms with E-state index in [9.17, 15) is 4.79 Å². The number of benzene rings is 1. The molecular formula is C20H25N3O2. The Balaban J connectivity index is 1.18. The summed E-state index contributed by atoms with van der Waals surface area (Å²) >= 11 is 0. The van der Waals surface area contributed by atoms with Crippen molar-refractivity contribution >= 4 is 11.6 Å². The minimum Gasteiger partial charge on any atom is -0.490 e. The molecule has 2 aliphatic heterocycles. The normalized spacial score (nSPS) is 30.1. The molecule has 132 valence electrons. The van der Waals surface area contributed by atoms with Crippen molar-refractivity contribution in [3.8, 4) is 5.75 Å². The van der Waals surface area contributed by atoms with E-state index >= 15 is 0 Å². The zero-order valence-corrected chi connectivity index (χ0v) is 14.5. The second-order valence-electron chi connectivity index (χ2n) is 7.88. The van der Waals surface area contributed by atoms with Gasteiger partial charge in [-0.15, -0.1) is 0 Å². The van der Waals surface area contributed by atoms with Gasteiger partial charge < -0.3 is 9.64 Å². The van der Waals surface area contributed by atoms with Crippen LogP contribution >= 0.6 is 0 Å². The molecule has 5 heteroatoms. The molecule has 0 bridgehead atoms. The van der Waals surface area contributed by atoms with Crippen LogP contribution in [-0.4, -0.2) is 41.8 Å².